The van der Waals surface area contributed by atoms with Gasteiger partial charge in [0.15, 0.2) is 11.5 Å². The molecule has 1 amide bonds. The summed E-state index contributed by atoms with van der Waals surface area (Å²) in [6.07, 6.45) is 0. The van der Waals surface area contributed by atoms with Crippen LogP contribution in [0.15, 0.2) is 23.3 Å². The van der Waals surface area contributed by atoms with E-state index >= 15 is 0 Å². The lowest BCUT2D eigenvalue weighted by molar-refractivity contribution is -0.119. The number of amides is 1. The van der Waals surface area contributed by atoms with Gasteiger partial charge < -0.3 is 15.2 Å². The lowest BCUT2D eigenvalue weighted by atomic mass is 10.2. The minimum absolute atomic E-state index is 0.0265. The number of azide groups is 1. The van der Waals surface area contributed by atoms with Crippen molar-refractivity contribution < 1.29 is 14.6 Å². The third-order valence-electron chi connectivity index (χ3n) is 2.09. The van der Waals surface area contributed by atoms with Gasteiger partial charge >= 0.3 is 0 Å². The van der Waals surface area contributed by atoms with E-state index in [1.54, 1.807) is 12.1 Å². The Bertz CT molecular complexity index is 469. The van der Waals surface area contributed by atoms with Crippen LogP contribution in [0.5, 0.6) is 11.5 Å². The highest BCUT2D eigenvalue weighted by molar-refractivity contribution is 5.78. The fraction of sp³-hybridized carbons (Fsp3) is 0.364. The molecule has 1 rings (SSSR count). The van der Waals surface area contributed by atoms with Gasteiger partial charge in [0, 0.05) is 11.5 Å². The summed E-state index contributed by atoms with van der Waals surface area (Å²) in [4.78, 5) is 13.7. The van der Waals surface area contributed by atoms with E-state index in [1.165, 1.54) is 6.07 Å². The van der Waals surface area contributed by atoms with Gasteiger partial charge in [-0.2, -0.15) is 0 Å². The summed E-state index contributed by atoms with van der Waals surface area (Å²) in [5.74, 6) is 0.0569. The van der Waals surface area contributed by atoms with Crippen LogP contribution in [0.1, 0.15) is 12.5 Å². The molecule has 1 aromatic carbocycles. The van der Waals surface area contributed by atoms with E-state index in [-0.39, 0.29) is 24.7 Å². The van der Waals surface area contributed by atoms with Crippen molar-refractivity contribution >= 4 is 5.91 Å². The van der Waals surface area contributed by atoms with Crippen molar-refractivity contribution in [3.63, 3.8) is 0 Å². The lowest BCUT2D eigenvalue weighted by Crippen LogP contribution is -2.24. The first-order valence-corrected chi connectivity index (χ1v) is 5.39. The molecule has 0 atom stereocenters. The van der Waals surface area contributed by atoms with Gasteiger partial charge in [-0.05, 0) is 30.2 Å². The number of hydrogen-bond donors (Lipinski definition) is 2. The molecule has 0 aliphatic carbocycles. The Kier molecular flexibility index (Phi) is 5.34. The number of nitrogens with one attached hydrogen (secondary N) is 1. The van der Waals surface area contributed by atoms with Crippen molar-refractivity contribution in [1.82, 2.24) is 5.32 Å². The number of rotatable bonds is 6. The topological polar surface area (TPSA) is 107 Å². The molecule has 18 heavy (non-hydrogen) atoms. The zero-order chi connectivity index (χ0) is 13.4. The van der Waals surface area contributed by atoms with Crippen molar-refractivity contribution in [1.29, 1.82) is 0 Å². The van der Waals surface area contributed by atoms with E-state index in [2.05, 4.69) is 15.3 Å². The molecule has 7 nitrogen and oxygen atoms in total. The van der Waals surface area contributed by atoms with E-state index in [0.717, 1.165) is 5.56 Å². The monoisotopic (exact) mass is 250 g/mol. The Balaban J connectivity index is 2.55. The number of phenols is 1. The zero-order valence-corrected chi connectivity index (χ0v) is 9.96. The largest absolute Gasteiger partial charge is 0.504 e. The van der Waals surface area contributed by atoms with E-state index in [1.807, 2.05) is 6.92 Å². The van der Waals surface area contributed by atoms with Crippen molar-refractivity contribution in [3.05, 3.63) is 34.2 Å². The summed E-state index contributed by atoms with van der Waals surface area (Å²) in [6.45, 7) is 2.30. The second-order valence-electron chi connectivity index (χ2n) is 3.40. The van der Waals surface area contributed by atoms with Crippen LogP contribution < -0.4 is 10.1 Å². The number of aromatic hydroxyl groups is 1. The highest BCUT2D eigenvalue weighted by Gasteiger charge is 2.04. The van der Waals surface area contributed by atoms with Gasteiger partial charge in [-0.3, -0.25) is 4.79 Å². The summed E-state index contributed by atoms with van der Waals surface area (Å²) in [5, 5.41) is 15.3. The van der Waals surface area contributed by atoms with Gasteiger partial charge in [0.1, 0.15) is 6.54 Å². The van der Waals surface area contributed by atoms with Crippen LogP contribution in [0.4, 0.5) is 0 Å². The molecule has 7 heteroatoms. The Morgan fingerprint density at radius 1 is 1.61 bits per heavy atom. The van der Waals surface area contributed by atoms with Crippen molar-refractivity contribution in [2.75, 3.05) is 13.2 Å². The minimum atomic E-state index is -0.374. The Morgan fingerprint density at radius 2 is 2.39 bits per heavy atom. The molecular weight excluding hydrogens is 236 g/mol. The number of carbonyl (C=O) groups is 1. The maximum atomic E-state index is 11.2. The summed E-state index contributed by atoms with van der Waals surface area (Å²) in [6, 6.07) is 4.88. The third kappa shape index (κ3) is 4.23. The average molecular weight is 250 g/mol. The minimum Gasteiger partial charge on any atom is -0.504 e. The number of carbonyl (C=O) groups excluding carboxylic acids is 1. The predicted octanol–water partition coefficient (Wildman–Crippen LogP) is 1.72. The predicted molar refractivity (Wildman–Crippen MR) is 65.1 cm³/mol. The van der Waals surface area contributed by atoms with E-state index < -0.39 is 0 Å². The van der Waals surface area contributed by atoms with Gasteiger partial charge in [-0.25, -0.2) is 0 Å². The van der Waals surface area contributed by atoms with E-state index in [9.17, 15) is 9.90 Å². The molecule has 0 radical (unpaired) electrons. The van der Waals surface area contributed by atoms with Crippen LogP contribution in [-0.4, -0.2) is 24.2 Å². The molecule has 96 valence electrons. The molecule has 0 saturated carbocycles. The maximum Gasteiger partial charge on any atom is 0.226 e. The fourth-order valence-electron chi connectivity index (χ4n) is 1.30. The fourth-order valence-corrected chi connectivity index (χ4v) is 1.30. The quantitative estimate of drug-likeness (QED) is 0.456. The second kappa shape index (κ2) is 7.03. The standard InChI is InChI=1S/C11H14N4O3/c1-2-18-10-4-3-8(5-9(10)16)6-13-11(17)7-14-15-12/h3-5,16H,2,6-7H2,1H3,(H,13,17). The van der Waals surface area contributed by atoms with Crippen LogP contribution in [0.25, 0.3) is 10.4 Å². The molecule has 0 fully saturated rings. The molecule has 0 aliphatic heterocycles. The SMILES string of the molecule is CCOc1ccc(CNC(=O)CN=[N+]=[N-])cc1O. The molecule has 0 aliphatic rings. The van der Waals surface area contributed by atoms with Gasteiger partial charge in [0.2, 0.25) is 5.91 Å². The first kappa shape index (κ1) is 13.7. The second-order valence-corrected chi connectivity index (χ2v) is 3.40. The summed E-state index contributed by atoms with van der Waals surface area (Å²) in [5.41, 5.74) is 8.78. The number of hydrogen-bond acceptors (Lipinski definition) is 4. The molecule has 0 bridgehead atoms. The first-order chi connectivity index (χ1) is 8.67. The number of phenolic OH excluding ortho intramolecular Hbond substituents is 1. The number of benzene rings is 1. The Morgan fingerprint density at radius 3 is 3.00 bits per heavy atom. The molecule has 0 unspecified atom stereocenters. The summed E-state index contributed by atoms with van der Waals surface area (Å²) < 4.78 is 5.18. The molecular formula is C11H14N4O3. The smallest absolute Gasteiger partial charge is 0.226 e. The molecule has 2 N–H and O–H groups in total. The van der Waals surface area contributed by atoms with Gasteiger partial charge in [0.05, 0.1) is 6.61 Å². The van der Waals surface area contributed by atoms with Gasteiger partial charge in [0.25, 0.3) is 0 Å². The molecule has 1 aromatic rings. The summed E-state index contributed by atoms with van der Waals surface area (Å²) >= 11 is 0. The molecule has 0 spiro atoms. The highest BCUT2D eigenvalue weighted by atomic mass is 16.5. The molecule has 0 aromatic heterocycles. The number of nitrogens with zero attached hydrogens (tertiary/aromatic N) is 3. The lowest BCUT2D eigenvalue weighted by Gasteiger charge is -2.08. The van der Waals surface area contributed by atoms with E-state index in [0.29, 0.717) is 12.4 Å². The average Bonchev–Trinajstić information content (AvgIpc) is 2.37. The van der Waals surface area contributed by atoms with Crippen molar-refractivity contribution in [2.24, 2.45) is 5.11 Å². The zero-order valence-electron chi connectivity index (χ0n) is 9.96. The maximum absolute atomic E-state index is 11.2. The van der Waals surface area contributed by atoms with Gasteiger partial charge in [-0.15, -0.1) is 0 Å². The van der Waals surface area contributed by atoms with Crippen LogP contribution in [0.2, 0.25) is 0 Å². The highest BCUT2D eigenvalue weighted by Crippen LogP contribution is 2.26. The third-order valence-corrected chi connectivity index (χ3v) is 2.09. The normalized spacial score (nSPS) is 9.39. The van der Waals surface area contributed by atoms with Crippen molar-refractivity contribution in [2.45, 2.75) is 13.5 Å². The summed E-state index contributed by atoms with van der Waals surface area (Å²) in [7, 11) is 0. The molecule has 0 heterocycles. The van der Waals surface area contributed by atoms with Crippen LogP contribution >= 0.6 is 0 Å². The molecule has 0 saturated heterocycles. The van der Waals surface area contributed by atoms with Gasteiger partial charge in [-0.1, -0.05) is 11.2 Å². The first-order valence-electron chi connectivity index (χ1n) is 5.39. The number of ether oxygens (including phenoxy) is 1. The Hall–Kier alpha value is -2.40. The Labute approximate surface area is 104 Å². The van der Waals surface area contributed by atoms with Crippen LogP contribution in [0, 0.1) is 0 Å². The van der Waals surface area contributed by atoms with Crippen LogP contribution in [0.3, 0.4) is 0 Å². The van der Waals surface area contributed by atoms with E-state index in [4.69, 9.17) is 10.3 Å². The van der Waals surface area contributed by atoms with Crippen LogP contribution in [-0.2, 0) is 11.3 Å². The van der Waals surface area contributed by atoms with Crippen molar-refractivity contribution in [3.8, 4) is 11.5 Å².